The molecule has 7 nitrogen and oxygen atoms in total. The number of hydrogen-bond acceptors (Lipinski definition) is 6. The molecule has 0 aliphatic carbocycles. The Balaban J connectivity index is 1.38. The molecule has 1 aromatic carbocycles. The van der Waals surface area contributed by atoms with Crippen molar-refractivity contribution in [3.05, 3.63) is 54.4 Å². The number of piperazine rings is 1. The van der Waals surface area contributed by atoms with Crippen LogP contribution in [-0.4, -0.2) is 78.3 Å². The minimum Gasteiger partial charge on any atom is -0.495 e. The molecule has 0 radical (unpaired) electrons. The quantitative estimate of drug-likeness (QED) is 0.680. The Bertz CT molecular complexity index is 871. The van der Waals surface area contributed by atoms with Gasteiger partial charge in [-0.1, -0.05) is 12.1 Å². The lowest BCUT2D eigenvalue weighted by Gasteiger charge is -2.47. The molecule has 2 saturated heterocycles. The van der Waals surface area contributed by atoms with Gasteiger partial charge in [-0.2, -0.15) is 0 Å². The summed E-state index contributed by atoms with van der Waals surface area (Å²) in [5, 5.41) is 9.30. The van der Waals surface area contributed by atoms with Crippen molar-refractivity contribution < 1.29 is 14.6 Å². The number of rotatable bonds is 8. The van der Waals surface area contributed by atoms with Crippen molar-refractivity contribution in [3.8, 4) is 5.75 Å². The highest BCUT2D eigenvalue weighted by atomic mass is 16.5. The number of aromatic nitrogens is 1. The highest BCUT2D eigenvalue weighted by molar-refractivity contribution is 5.66. The van der Waals surface area contributed by atoms with Crippen LogP contribution >= 0.6 is 0 Å². The zero-order valence-electron chi connectivity index (χ0n) is 18.9. The second-order valence-corrected chi connectivity index (χ2v) is 8.83. The van der Waals surface area contributed by atoms with Crippen molar-refractivity contribution in [2.75, 3.05) is 51.3 Å². The predicted octanol–water partition coefficient (Wildman–Crippen LogP) is 2.97. The van der Waals surface area contributed by atoms with Crippen LogP contribution in [0.1, 0.15) is 24.8 Å². The summed E-state index contributed by atoms with van der Waals surface area (Å²) in [7, 11) is 1.72. The molecule has 0 spiro atoms. The Labute approximate surface area is 190 Å². The van der Waals surface area contributed by atoms with Gasteiger partial charge in [0, 0.05) is 64.1 Å². The molecule has 2 fully saturated rings. The maximum atomic E-state index is 11.3. The third-order valence-corrected chi connectivity index (χ3v) is 6.87. The van der Waals surface area contributed by atoms with Crippen LogP contribution in [0.25, 0.3) is 0 Å². The first-order valence-corrected chi connectivity index (χ1v) is 11.6. The molecule has 2 aliphatic rings. The predicted molar refractivity (Wildman–Crippen MR) is 125 cm³/mol. The molecule has 0 bridgehead atoms. The zero-order chi connectivity index (χ0) is 22.3. The van der Waals surface area contributed by atoms with Gasteiger partial charge >= 0.3 is 5.97 Å². The van der Waals surface area contributed by atoms with Crippen molar-refractivity contribution in [2.24, 2.45) is 5.92 Å². The number of carboxylic acid groups (broad SMARTS) is 1. The summed E-state index contributed by atoms with van der Waals surface area (Å²) in [6.07, 6.45) is 5.74. The summed E-state index contributed by atoms with van der Waals surface area (Å²) < 4.78 is 5.55. The van der Waals surface area contributed by atoms with E-state index in [-0.39, 0.29) is 6.42 Å². The van der Waals surface area contributed by atoms with Crippen molar-refractivity contribution in [2.45, 2.75) is 31.8 Å². The first-order chi connectivity index (χ1) is 15.6. The molecule has 3 heterocycles. The number of carboxylic acids is 1. The summed E-state index contributed by atoms with van der Waals surface area (Å²) in [6, 6.07) is 12.8. The smallest absolute Gasteiger partial charge is 0.303 e. The maximum absolute atomic E-state index is 11.3. The molecule has 2 aromatic rings. The largest absolute Gasteiger partial charge is 0.495 e. The monoisotopic (exact) mass is 438 g/mol. The summed E-state index contributed by atoms with van der Waals surface area (Å²) in [4.78, 5) is 22.9. The van der Waals surface area contributed by atoms with Crippen LogP contribution in [-0.2, 0) is 11.3 Å². The number of carbonyl (C=O) groups is 1. The van der Waals surface area contributed by atoms with Gasteiger partial charge < -0.3 is 14.7 Å². The Hall–Kier alpha value is -2.64. The molecule has 2 atom stereocenters. The van der Waals surface area contributed by atoms with Crippen LogP contribution in [0.15, 0.2) is 48.8 Å². The van der Waals surface area contributed by atoms with Crippen LogP contribution in [0.4, 0.5) is 5.69 Å². The fourth-order valence-corrected chi connectivity index (χ4v) is 5.24. The minimum atomic E-state index is -0.698. The Morgan fingerprint density at radius 1 is 1.09 bits per heavy atom. The third-order valence-electron chi connectivity index (χ3n) is 6.87. The maximum Gasteiger partial charge on any atom is 0.303 e. The van der Waals surface area contributed by atoms with Gasteiger partial charge in [-0.3, -0.25) is 19.6 Å². The van der Waals surface area contributed by atoms with E-state index >= 15 is 0 Å². The Morgan fingerprint density at radius 2 is 1.84 bits per heavy atom. The lowest BCUT2D eigenvalue weighted by molar-refractivity contribution is -0.137. The number of anilines is 1. The fraction of sp³-hybridized carbons (Fsp3) is 0.520. The molecule has 1 aromatic heterocycles. The lowest BCUT2D eigenvalue weighted by atomic mass is 9.86. The van der Waals surface area contributed by atoms with E-state index in [2.05, 4.69) is 43.9 Å². The zero-order valence-corrected chi connectivity index (χ0v) is 18.9. The number of ether oxygens (including phenoxy) is 1. The Kier molecular flexibility index (Phi) is 7.60. The van der Waals surface area contributed by atoms with Gasteiger partial charge in [0.25, 0.3) is 0 Å². The van der Waals surface area contributed by atoms with Crippen molar-refractivity contribution >= 4 is 11.7 Å². The second-order valence-electron chi connectivity index (χ2n) is 8.83. The highest BCUT2D eigenvalue weighted by Gasteiger charge is 2.35. The number of benzene rings is 1. The van der Waals surface area contributed by atoms with Gasteiger partial charge in [0.2, 0.25) is 0 Å². The van der Waals surface area contributed by atoms with Gasteiger partial charge in [0.05, 0.1) is 12.8 Å². The molecule has 4 rings (SSSR count). The summed E-state index contributed by atoms with van der Waals surface area (Å²) in [5.74, 6) is 0.597. The second kappa shape index (κ2) is 10.8. The van der Waals surface area contributed by atoms with E-state index in [1.54, 1.807) is 7.11 Å². The molecular formula is C25H34N4O3. The molecule has 0 unspecified atom stereocenters. The summed E-state index contributed by atoms with van der Waals surface area (Å²) >= 11 is 0. The Morgan fingerprint density at radius 3 is 2.56 bits per heavy atom. The van der Waals surface area contributed by atoms with E-state index in [1.165, 1.54) is 5.56 Å². The summed E-state index contributed by atoms with van der Waals surface area (Å²) in [6.45, 7) is 6.82. The van der Waals surface area contributed by atoms with Gasteiger partial charge in [0.1, 0.15) is 5.75 Å². The number of pyridine rings is 1. The third kappa shape index (κ3) is 5.58. The topological polar surface area (TPSA) is 69.1 Å². The van der Waals surface area contributed by atoms with Crippen LogP contribution in [0.5, 0.6) is 5.75 Å². The van der Waals surface area contributed by atoms with Crippen molar-refractivity contribution in [1.29, 1.82) is 0 Å². The number of methoxy groups -OCH3 is 1. The van der Waals surface area contributed by atoms with E-state index in [0.717, 1.165) is 70.1 Å². The SMILES string of the molecule is COc1ccccc1N1CCN([C@@H]2CCN(Cc3ccncc3)C[C@@H]2CCC(=O)O)CC1. The number of hydrogen-bond donors (Lipinski definition) is 1. The normalized spacial score (nSPS) is 22.6. The van der Waals surface area contributed by atoms with Gasteiger partial charge in [-0.25, -0.2) is 0 Å². The van der Waals surface area contributed by atoms with Gasteiger partial charge in [-0.15, -0.1) is 0 Å². The summed E-state index contributed by atoms with van der Waals surface area (Å²) in [5.41, 5.74) is 2.42. The number of para-hydroxylation sites is 2. The van der Waals surface area contributed by atoms with E-state index in [1.807, 2.05) is 24.5 Å². The highest BCUT2D eigenvalue weighted by Crippen LogP contribution is 2.31. The average Bonchev–Trinajstić information content (AvgIpc) is 2.83. The molecule has 2 aliphatic heterocycles. The molecule has 172 valence electrons. The van der Waals surface area contributed by atoms with Gasteiger partial charge in [-0.05, 0) is 55.1 Å². The molecule has 7 heteroatoms. The molecule has 1 N–H and O–H groups in total. The molecular weight excluding hydrogens is 404 g/mol. The van der Waals surface area contributed by atoms with Crippen molar-refractivity contribution in [1.82, 2.24) is 14.8 Å². The van der Waals surface area contributed by atoms with E-state index in [9.17, 15) is 9.90 Å². The minimum absolute atomic E-state index is 0.242. The van der Waals surface area contributed by atoms with E-state index in [4.69, 9.17) is 4.74 Å². The van der Waals surface area contributed by atoms with Crippen LogP contribution < -0.4 is 9.64 Å². The molecule has 32 heavy (non-hydrogen) atoms. The van der Waals surface area contributed by atoms with Crippen molar-refractivity contribution in [3.63, 3.8) is 0 Å². The number of likely N-dealkylation sites (tertiary alicyclic amines) is 1. The number of piperidine rings is 1. The van der Waals surface area contributed by atoms with Crippen LogP contribution in [0, 0.1) is 5.92 Å². The first-order valence-electron chi connectivity index (χ1n) is 11.6. The fourth-order valence-electron chi connectivity index (χ4n) is 5.24. The first kappa shape index (κ1) is 22.6. The van der Waals surface area contributed by atoms with Gasteiger partial charge in [0.15, 0.2) is 0 Å². The van der Waals surface area contributed by atoms with E-state index in [0.29, 0.717) is 12.0 Å². The molecule has 0 saturated carbocycles. The standard InChI is InChI=1S/C25H34N4O3/c1-32-24-5-3-2-4-23(24)29-16-14-28(15-17-29)22-10-13-27(18-20-8-11-26-12-9-20)19-21(22)6-7-25(30)31/h2-5,8-9,11-12,21-22H,6-7,10,13-19H2,1H3,(H,30,31)/t21-,22+/m0/s1. The van der Waals surface area contributed by atoms with Crippen LogP contribution in [0.3, 0.4) is 0 Å². The average molecular weight is 439 g/mol. The molecule has 0 amide bonds. The number of aliphatic carboxylic acids is 1. The van der Waals surface area contributed by atoms with Crippen LogP contribution in [0.2, 0.25) is 0 Å². The van der Waals surface area contributed by atoms with E-state index < -0.39 is 5.97 Å². The lowest BCUT2D eigenvalue weighted by Crippen LogP contribution is -2.56. The number of nitrogens with zero attached hydrogens (tertiary/aromatic N) is 4.